The molecule has 1 amide bonds. The lowest BCUT2D eigenvalue weighted by Gasteiger charge is -2.34. The zero-order valence-electron chi connectivity index (χ0n) is 17.6. The van der Waals surface area contributed by atoms with E-state index in [1.165, 1.54) is 5.56 Å². The predicted molar refractivity (Wildman–Crippen MR) is 119 cm³/mol. The van der Waals surface area contributed by atoms with Crippen LogP contribution in [0.25, 0.3) is 4.96 Å². The van der Waals surface area contributed by atoms with E-state index in [4.69, 9.17) is 4.74 Å². The fourth-order valence-electron chi connectivity index (χ4n) is 4.49. The number of carbonyl (C=O) groups excluding carboxylic acids is 1. The van der Waals surface area contributed by atoms with Crippen molar-refractivity contribution in [1.29, 1.82) is 0 Å². The summed E-state index contributed by atoms with van der Waals surface area (Å²) >= 11 is 1.56. The topological polar surface area (TPSA) is 75.0 Å². The molecule has 5 heterocycles. The molecule has 8 nitrogen and oxygen atoms in total. The van der Waals surface area contributed by atoms with Crippen molar-refractivity contribution in [2.75, 3.05) is 45.9 Å². The molecule has 3 aromatic heterocycles. The zero-order valence-corrected chi connectivity index (χ0v) is 18.4. The molecule has 1 N–H and O–H groups in total. The summed E-state index contributed by atoms with van der Waals surface area (Å²) in [5.41, 5.74) is 2.73. The van der Waals surface area contributed by atoms with Crippen LogP contribution in [0, 0.1) is 0 Å². The molecule has 0 aliphatic carbocycles. The first-order valence-electron chi connectivity index (χ1n) is 11.0. The van der Waals surface area contributed by atoms with Crippen LogP contribution in [-0.2, 0) is 11.3 Å². The molecule has 0 bridgehead atoms. The average Bonchev–Trinajstić information content (AvgIpc) is 3.56. The number of hydrogen-bond acceptors (Lipinski definition) is 7. The lowest BCUT2D eigenvalue weighted by atomic mass is 10.1. The number of amides is 1. The highest BCUT2D eigenvalue weighted by Gasteiger charge is 2.27. The van der Waals surface area contributed by atoms with Crippen molar-refractivity contribution in [2.24, 2.45) is 0 Å². The number of hydrogen-bond donors (Lipinski definition) is 1. The molecule has 9 heteroatoms. The van der Waals surface area contributed by atoms with Gasteiger partial charge in [-0.3, -0.25) is 19.1 Å². The van der Waals surface area contributed by atoms with Crippen LogP contribution < -0.4 is 5.32 Å². The second kappa shape index (κ2) is 9.44. The molecule has 0 aromatic carbocycles. The second-order valence-electron chi connectivity index (χ2n) is 8.04. The maximum absolute atomic E-state index is 13.1. The van der Waals surface area contributed by atoms with E-state index in [0.29, 0.717) is 12.2 Å². The summed E-state index contributed by atoms with van der Waals surface area (Å²) in [7, 11) is 0. The monoisotopic (exact) mass is 440 g/mol. The van der Waals surface area contributed by atoms with E-state index < -0.39 is 0 Å². The first-order valence-corrected chi connectivity index (χ1v) is 11.9. The van der Waals surface area contributed by atoms with E-state index in [2.05, 4.69) is 30.7 Å². The number of thiazole rings is 1. The molecule has 2 fully saturated rings. The van der Waals surface area contributed by atoms with Gasteiger partial charge in [0.25, 0.3) is 5.91 Å². The van der Waals surface area contributed by atoms with Crippen molar-refractivity contribution in [3.05, 3.63) is 53.1 Å². The van der Waals surface area contributed by atoms with Crippen LogP contribution in [-0.4, -0.2) is 76.0 Å². The van der Waals surface area contributed by atoms with Crippen LogP contribution >= 0.6 is 11.3 Å². The van der Waals surface area contributed by atoms with E-state index in [0.717, 1.165) is 69.4 Å². The summed E-state index contributed by atoms with van der Waals surface area (Å²) in [5, 5.41) is 5.63. The maximum atomic E-state index is 13.1. The van der Waals surface area contributed by atoms with Gasteiger partial charge < -0.3 is 15.0 Å². The minimum absolute atomic E-state index is 0.0576. The molecule has 31 heavy (non-hydrogen) atoms. The third-order valence-corrected chi connectivity index (χ3v) is 6.90. The summed E-state index contributed by atoms with van der Waals surface area (Å²) in [6.45, 7) is 6.33. The van der Waals surface area contributed by atoms with Gasteiger partial charge >= 0.3 is 0 Å². The van der Waals surface area contributed by atoms with Gasteiger partial charge in [0.1, 0.15) is 0 Å². The largest absolute Gasteiger partial charge is 0.379 e. The first-order chi connectivity index (χ1) is 15.3. The van der Waals surface area contributed by atoms with Crippen molar-refractivity contribution < 1.29 is 9.53 Å². The number of imidazole rings is 1. The Bertz CT molecular complexity index is 1010. The molecule has 2 saturated heterocycles. The van der Waals surface area contributed by atoms with Gasteiger partial charge in [-0.2, -0.15) is 0 Å². The van der Waals surface area contributed by atoms with E-state index in [-0.39, 0.29) is 11.9 Å². The van der Waals surface area contributed by atoms with Gasteiger partial charge in [0.15, 0.2) is 10.7 Å². The van der Waals surface area contributed by atoms with Gasteiger partial charge in [0.2, 0.25) is 0 Å². The molecule has 2 aliphatic rings. The van der Waals surface area contributed by atoms with Crippen molar-refractivity contribution in [1.82, 2.24) is 29.5 Å². The lowest BCUT2D eigenvalue weighted by Crippen LogP contribution is -2.43. The Kier molecular flexibility index (Phi) is 6.26. The molecule has 0 radical (unpaired) electrons. The van der Waals surface area contributed by atoms with E-state index in [1.807, 2.05) is 34.9 Å². The van der Waals surface area contributed by atoms with Gasteiger partial charge in [-0.25, -0.2) is 4.98 Å². The van der Waals surface area contributed by atoms with Crippen LogP contribution in [0.4, 0.5) is 0 Å². The molecule has 2 aliphatic heterocycles. The number of nitrogens with zero attached hydrogens (tertiary/aromatic N) is 5. The first kappa shape index (κ1) is 20.6. The Morgan fingerprint density at radius 3 is 2.84 bits per heavy atom. The highest BCUT2D eigenvalue weighted by Crippen LogP contribution is 2.23. The Morgan fingerprint density at radius 1 is 1.23 bits per heavy atom. The standard InChI is InChI=1S/C22H28N6O2S/c29-21(27-6-1-2-7-27)20-19(28-10-13-31-22(28)25-20)16-24-15-18(17-4-3-5-23-14-17)26-8-11-30-12-9-26/h3-5,10,13-14,18,24H,1-2,6-9,11-12,15-16H2/t18-/m0/s1. The van der Waals surface area contributed by atoms with Crippen molar-refractivity contribution >= 4 is 22.2 Å². The normalized spacial score (nSPS) is 18.6. The summed E-state index contributed by atoms with van der Waals surface area (Å²) < 4.78 is 7.60. The van der Waals surface area contributed by atoms with Crippen molar-refractivity contribution in [3.8, 4) is 0 Å². The zero-order chi connectivity index (χ0) is 21.0. The number of morpholine rings is 1. The van der Waals surface area contributed by atoms with Gasteiger partial charge in [0, 0.05) is 69.3 Å². The molecule has 0 spiro atoms. The molecular weight excluding hydrogens is 412 g/mol. The van der Waals surface area contributed by atoms with Crippen LogP contribution in [0.2, 0.25) is 0 Å². The summed E-state index contributed by atoms with van der Waals surface area (Å²) in [4.78, 5) is 27.3. The number of fused-ring (bicyclic) bond motifs is 1. The summed E-state index contributed by atoms with van der Waals surface area (Å²) in [6.07, 6.45) is 7.91. The third-order valence-electron chi connectivity index (χ3n) is 6.14. The van der Waals surface area contributed by atoms with Crippen LogP contribution in [0.3, 0.4) is 0 Å². The quantitative estimate of drug-likeness (QED) is 0.607. The van der Waals surface area contributed by atoms with E-state index >= 15 is 0 Å². The third kappa shape index (κ3) is 4.36. The van der Waals surface area contributed by atoms with Crippen LogP contribution in [0.5, 0.6) is 0 Å². The Morgan fingerprint density at radius 2 is 2.06 bits per heavy atom. The van der Waals surface area contributed by atoms with Crippen molar-refractivity contribution in [2.45, 2.75) is 25.4 Å². The SMILES string of the molecule is O=C(c1nc2sccn2c1CNC[C@@H](c1cccnc1)N1CCOCC1)N1CCCC1. The average molecular weight is 441 g/mol. The molecule has 1 atom stereocenters. The molecule has 164 valence electrons. The highest BCUT2D eigenvalue weighted by atomic mass is 32.1. The number of aromatic nitrogens is 3. The number of carbonyl (C=O) groups is 1. The molecule has 3 aromatic rings. The van der Waals surface area contributed by atoms with Crippen molar-refractivity contribution in [3.63, 3.8) is 0 Å². The number of ether oxygens (including phenoxy) is 1. The number of pyridine rings is 1. The van der Waals surface area contributed by atoms with Crippen LogP contribution in [0.1, 0.15) is 40.6 Å². The Balaban J connectivity index is 1.34. The second-order valence-corrected chi connectivity index (χ2v) is 8.92. The van der Waals surface area contributed by atoms with Gasteiger partial charge in [0.05, 0.1) is 18.9 Å². The molecule has 0 unspecified atom stereocenters. The highest BCUT2D eigenvalue weighted by molar-refractivity contribution is 7.15. The van der Waals surface area contributed by atoms with E-state index in [1.54, 1.807) is 11.3 Å². The Labute approximate surface area is 185 Å². The number of nitrogens with one attached hydrogen (secondary N) is 1. The predicted octanol–water partition coefficient (Wildman–Crippen LogP) is 2.19. The fraction of sp³-hybridized carbons (Fsp3) is 0.500. The maximum Gasteiger partial charge on any atom is 0.274 e. The number of rotatable bonds is 7. The molecule has 0 saturated carbocycles. The van der Waals surface area contributed by atoms with E-state index in [9.17, 15) is 4.79 Å². The minimum Gasteiger partial charge on any atom is -0.379 e. The van der Waals surface area contributed by atoms with Gasteiger partial charge in [-0.15, -0.1) is 11.3 Å². The Hall–Kier alpha value is -2.33. The van der Waals surface area contributed by atoms with Gasteiger partial charge in [-0.1, -0.05) is 6.07 Å². The summed E-state index contributed by atoms with van der Waals surface area (Å²) in [5.74, 6) is 0.0576. The minimum atomic E-state index is 0.0576. The lowest BCUT2D eigenvalue weighted by molar-refractivity contribution is 0.0160. The smallest absolute Gasteiger partial charge is 0.274 e. The van der Waals surface area contributed by atoms with Gasteiger partial charge in [-0.05, 0) is 24.5 Å². The molecular formula is C22H28N6O2S. The van der Waals surface area contributed by atoms with Crippen LogP contribution in [0.15, 0.2) is 36.1 Å². The molecule has 5 rings (SSSR count). The summed E-state index contributed by atoms with van der Waals surface area (Å²) in [6, 6.07) is 4.33. The fourth-order valence-corrected chi connectivity index (χ4v) is 5.22. The number of likely N-dealkylation sites (tertiary alicyclic amines) is 1.